The number of amides is 1. The van der Waals surface area contributed by atoms with E-state index in [4.69, 9.17) is 4.74 Å². The molecule has 0 bridgehead atoms. The molecule has 1 saturated carbocycles. The van der Waals surface area contributed by atoms with Gasteiger partial charge >= 0.3 is 5.97 Å². The molecule has 1 aliphatic carbocycles. The number of carbonyl (C=O) groups is 2. The number of nitrogens with one attached hydrogen (secondary N) is 2. The molecule has 0 radical (unpaired) electrons. The molecule has 0 saturated heterocycles. The number of fused-ring (bicyclic) bond motifs is 1. The van der Waals surface area contributed by atoms with Crippen LogP contribution in [0, 0.1) is 6.92 Å². The van der Waals surface area contributed by atoms with Crippen molar-refractivity contribution in [3.8, 4) is 0 Å². The Morgan fingerprint density at radius 3 is 2.70 bits per heavy atom. The summed E-state index contributed by atoms with van der Waals surface area (Å²) in [6, 6.07) is 0. The van der Waals surface area contributed by atoms with E-state index in [0.717, 1.165) is 30.6 Å². The van der Waals surface area contributed by atoms with E-state index in [1.54, 1.807) is 6.92 Å². The van der Waals surface area contributed by atoms with Crippen LogP contribution in [0.2, 0.25) is 0 Å². The predicted octanol–water partition coefficient (Wildman–Crippen LogP) is 2.66. The first kappa shape index (κ1) is 13.4. The predicted molar refractivity (Wildman–Crippen MR) is 77.3 cm³/mol. The van der Waals surface area contributed by atoms with Gasteiger partial charge in [0, 0.05) is 4.88 Å². The van der Waals surface area contributed by atoms with Crippen molar-refractivity contribution in [3.05, 3.63) is 15.3 Å². The zero-order valence-electron chi connectivity index (χ0n) is 11.7. The van der Waals surface area contributed by atoms with Crippen LogP contribution < -0.4 is 10.6 Å². The molecule has 3 rings (SSSR count). The molecule has 2 N–H and O–H groups in total. The highest BCUT2D eigenvalue weighted by molar-refractivity contribution is 7.15. The first-order valence-corrected chi connectivity index (χ1v) is 7.79. The fraction of sp³-hybridized carbons (Fsp3) is 0.571. The first-order valence-electron chi connectivity index (χ1n) is 6.97. The maximum Gasteiger partial charge on any atom is 0.350 e. The molecule has 1 aromatic rings. The number of carbonyl (C=O) groups excluding carboxylic acids is 2. The number of thiophene rings is 1. The van der Waals surface area contributed by atoms with E-state index < -0.39 is 0 Å². The molecule has 1 aliphatic heterocycles. The van der Waals surface area contributed by atoms with Crippen molar-refractivity contribution < 1.29 is 14.3 Å². The number of hydrogen-bond donors (Lipinski definition) is 2. The minimum Gasteiger partial charge on any atom is -0.462 e. The van der Waals surface area contributed by atoms with E-state index in [1.807, 2.05) is 6.92 Å². The number of ether oxygens (including phenoxy) is 1. The standard InChI is InChI=1S/C14H18N2O3S/c1-3-19-13(18)11-10-9(8(2)20-11)12(17)16-14(15-10)6-4-5-7-14/h15H,3-7H2,1-2H3,(H,16,17). The van der Waals surface area contributed by atoms with Gasteiger partial charge in [-0.05, 0) is 39.5 Å². The third kappa shape index (κ3) is 1.98. The van der Waals surface area contributed by atoms with Gasteiger partial charge in [-0.1, -0.05) is 0 Å². The second-order valence-corrected chi connectivity index (χ2v) is 6.55. The summed E-state index contributed by atoms with van der Waals surface area (Å²) in [5, 5.41) is 6.49. The highest BCUT2D eigenvalue weighted by Gasteiger charge is 2.43. The molecule has 0 aromatic carbocycles. The maximum atomic E-state index is 12.4. The van der Waals surface area contributed by atoms with Crippen LogP contribution >= 0.6 is 11.3 Å². The smallest absolute Gasteiger partial charge is 0.350 e. The van der Waals surface area contributed by atoms with Crippen LogP contribution in [0.3, 0.4) is 0 Å². The molecular weight excluding hydrogens is 276 g/mol. The number of aryl methyl sites for hydroxylation is 1. The van der Waals surface area contributed by atoms with Crippen LogP contribution in [0.5, 0.6) is 0 Å². The van der Waals surface area contributed by atoms with Gasteiger partial charge in [0.05, 0.1) is 17.9 Å². The lowest BCUT2D eigenvalue weighted by Crippen LogP contribution is -2.55. The molecule has 1 amide bonds. The van der Waals surface area contributed by atoms with Gasteiger partial charge in [-0.15, -0.1) is 11.3 Å². The summed E-state index contributed by atoms with van der Waals surface area (Å²) in [7, 11) is 0. The monoisotopic (exact) mass is 294 g/mol. The van der Waals surface area contributed by atoms with Crippen LogP contribution in [0.25, 0.3) is 0 Å². The topological polar surface area (TPSA) is 67.4 Å². The Labute approximate surface area is 121 Å². The van der Waals surface area contributed by atoms with Crippen molar-refractivity contribution in [2.75, 3.05) is 11.9 Å². The lowest BCUT2D eigenvalue weighted by Gasteiger charge is -2.36. The molecule has 6 heteroatoms. The van der Waals surface area contributed by atoms with Crippen molar-refractivity contribution in [1.82, 2.24) is 5.32 Å². The highest BCUT2D eigenvalue weighted by Crippen LogP contribution is 2.42. The van der Waals surface area contributed by atoms with Gasteiger partial charge in [-0.2, -0.15) is 0 Å². The summed E-state index contributed by atoms with van der Waals surface area (Å²) < 4.78 is 5.09. The Bertz CT molecular complexity index is 573. The zero-order chi connectivity index (χ0) is 14.3. The maximum absolute atomic E-state index is 12.4. The van der Waals surface area contributed by atoms with Crippen LogP contribution in [-0.4, -0.2) is 24.1 Å². The summed E-state index contributed by atoms with van der Waals surface area (Å²) >= 11 is 1.33. The number of hydrogen-bond acceptors (Lipinski definition) is 5. The molecule has 1 spiro atoms. The Kier molecular flexibility index (Phi) is 3.20. The minimum absolute atomic E-state index is 0.0788. The molecule has 2 aliphatic rings. The average Bonchev–Trinajstić information content (AvgIpc) is 2.95. The third-order valence-electron chi connectivity index (χ3n) is 3.95. The summed E-state index contributed by atoms with van der Waals surface area (Å²) in [6.45, 7) is 3.98. The Morgan fingerprint density at radius 2 is 2.05 bits per heavy atom. The summed E-state index contributed by atoms with van der Waals surface area (Å²) in [4.78, 5) is 25.8. The number of rotatable bonds is 2. The summed E-state index contributed by atoms with van der Waals surface area (Å²) in [5.74, 6) is -0.429. The zero-order valence-corrected chi connectivity index (χ0v) is 12.5. The summed E-state index contributed by atoms with van der Waals surface area (Å²) in [5.41, 5.74) is 0.880. The largest absolute Gasteiger partial charge is 0.462 e. The lowest BCUT2D eigenvalue weighted by molar-refractivity contribution is 0.0533. The van der Waals surface area contributed by atoms with Gasteiger partial charge < -0.3 is 15.4 Å². The van der Waals surface area contributed by atoms with Gasteiger partial charge in [0.15, 0.2) is 0 Å². The van der Waals surface area contributed by atoms with E-state index >= 15 is 0 Å². The molecule has 0 unspecified atom stereocenters. The fourth-order valence-corrected chi connectivity index (χ4v) is 4.06. The number of anilines is 1. The second-order valence-electron chi connectivity index (χ2n) is 5.33. The quantitative estimate of drug-likeness (QED) is 0.823. The van der Waals surface area contributed by atoms with E-state index in [9.17, 15) is 9.59 Å². The van der Waals surface area contributed by atoms with Crippen LogP contribution in [0.15, 0.2) is 0 Å². The third-order valence-corrected chi connectivity index (χ3v) is 5.03. The van der Waals surface area contributed by atoms with Crippen LogP contribution in [0.1, 0.15) is 57.5 Å². The van der Waals surface area contributed by atoms with Crippen molar-refractivity contribution in [1.29, 1.82) is 0 Å². The fourth-order valence-electron chi connectivity index (χ4n) is 3.06. The number of esters is 1. The van der Waals surface area contributed by atoms with Crippen molar-refractivity contribution in [2.45, 2.75) is 45.2 Å². The molecular formula is C14H18N2O3S. The minimum atomic E-state index is -0.376. The van der Waals surface area contributed by atoms with Crippen LogP contribution in [-0.2, 0) is 4.74 Å². The van der Waals surface area contributed by atoms with Crippen molar-refractivity contribution >= 4 is 28.9 Å². The molecule has 2 heterocycles. The Morgan fingerprint density at radius 1 is 1.35 bits per heavy atom. The van der Waals surface area contributed by atoms with Crippen LogP contribution in [0.4, 0.5) is 5.69 Å². The second kappa shape index (κ2) is 4.77. The van der Waals surface area contributed by atoms with E-state index in [2.05, 4.69) is 10.6 Å². The van der Waals surface area contributed by atoms with Gasteiger partial charge in [0.2, 0.25) is 0 Å². The summed E-state index contributed by atoms with van der Waals surface area (Å²) in [6.07, 6.45) is 3.96. The molecule has 1 aromatic heterocycles. The molecule has 1 fully saturated rings. The highest BCUT2D eigenvalue weighted by atomic mass is 32.1. The van der Waals surface area contributed by atoms with Gasteiger partial charge in [0.25, 0.3) is 5.91 Å². The Balaban J connectivity index is 2.03. The normalized spacial score (nSPS) is 19.4. The first-order chi connectivity index (χ1) is 9.56. The molecule has 20 heavy (non-hydrogen) atoms. The van der Waals surface area contributed by atoms with E-state index in [0.29, 0.717) is 22.7 Å². The van der Waals surface area contributed by atoms with E-state index in [1.165, 1.54) is 11.3 Å². The molecule has 5 nitrogen and oxygen atoms in total. The SMILES string of the molecule is CCOC(=O)c1sc(C)c2c1NC1(CCCC1)NC2=O. The van der Waals surface area contributed by atoms with Crippen molar-refractivity contribution in [3.63, 3.8) is 0 Å². The van der Waals surface area contributed by atoms with Crippen molar-refractivity contribution in [2.24, 2.45) is 0 Å². The molecule has 0 atom stereocenters. The van der Waals surface area contributed by atoms with Gasteiger partial charge in [0.1, 0.15) is 10.5 Å². The van der Waals surface area contributed by atoms with E-state index in [-0.39, 0.29) is 17.5 Å². The van der Waals surface area contributed by atoms with Gasteiger partial charge in [-0.3, -0.25) is 4.79 Å². The average molecular weight is 294 g/mol. The lowest BCUT2D eigenvalue weighted by atomic mass is 10.0. The Hall–Kier alpha value is -1.56. The molecule has 108 valence electrons. The van der Waals surface area contributed by atoms with Gasteiger partial charge in [-0.25, -0.2) is 4.79 Å².